The summed E-state index contributed by atoms with van der Waals surface area (Å²) in [6.45, 7) is 0. The number of carboxylic acids is 1. The Labute approximate surface area is 116 Å². The van der Waals surface area contributed by atoms with Crippen molar-refractivity contribution in [3.05, 3.63) is 29.0 Å². The summed E-state index contributed by atoms with van der Waals surface area (Å²) in [6, 6.07) is 3.31. The van der Waals surface area contributed by atoms with Gasteiger partial charge in [0.25, 0.3) is 0 Å². The lowest BCUT2D eigenvalue weighted by molar-refractivity contribution is -0.143. The van der Waals surface area contributed by atoms with Gasteiger partial charge in [-0.05, 0) is 36.5 Å². The maximum Gasteiger partial charge on any atom is 0.307 e. The molecule has 1 aliphatic rings. The first-order valence-corrected chi connectivity index (χ1v) is 8.11. The second kappa shape index (κ2) is 5.46. The maximum atomic E-state index is 11.5. The lowest BCUT2D eigenvalue weighted by atomic mass is 9.87. The summed E-state index contributed by atoms with van der Waals surface area (Å²) in [7, 11) is -3.08. The summed E-state index contributed by atoms with van der Waals surface area (Å²) in [4.78, 5) is 15.2. The molecule has 0 radical (unpaired) electrons. The lowest BCUT2D eigenvalue weighted by Crippen LogP contribution is -2.26. The summed E-state index contributed by atoms with van der Waals surface area (Å²) in [6.07, 6.45) is 2.21. The first-order chi connectivity index (χ1) is 8.87. The number of carboxylic acid groups (broad SMARTS) is 1. The Morgan fingerprint density at radius 1 is 1.58 bits per heavy atom. The Kier molecular flexibility index (Phi) is 4.10. The smallest absolute Gasteiger partial charge is 0.307 e. The zero-order chi connectivity index (χ0) is 14.0. The largest absolute Gasteiger partial charge is 0.481 e. The van der Waals surface area contributed by atoms with Crippen LogP contribution in [-0.2, 0) is 21.1 Å². The molecule has 1 saturated heterocycles. The number of rotatable bonds is 4. The molecule has 0 aromatic carbocycles. The third kappa shape index (κ3) is 3.67. The fourth-order valence-corrected chi connectivity index (χ4v) is 4.50. The average Bonchev–Trinajstić information content (AvgIpc) is 2.66. The van der Waals surface area contributed by atoms with Crippen LogP contribution >= 0.6 is 11.6 Å². The van der Waals surface area contributed by atoms with Crippen molar-refractivity contribution in [2.75, 3.05) is 11.5 Å². The van der Waals surface area contributed by atoms with Gasteiger partial charge >= 0.3 is 5.97 Å². The van der Waals surface area contributed by atoms with Crippen LogP contribution in [0.1, 0.15) is 12.0 Å². The minimum absolute atomic E-state index is 0.0389. The number of aliphatic carboxylic acids is 1. The van der Waals surface area contributed by atoms with E-state index < -0.39 is 21.7 Å². The monoisotopic (exact) mass is 303 g/mol. The van der Waals surface area contributed by atoms with Crippen LogP contribution in [0, 0.1) is 11.8 Å². The molecule has 5 nitrogen and oxygen atoms in total. The molecule has 0 bridgehead atoms. The number of aromatic nitrogens is 1. The summed E-state index contributed by atoms with van der Waals surface area (Å²) >= 11 is 5.76. The van der Waals surface area contributed by atoms with Gasteiger partial charge in [-0.1, -0.05) is 11.6 Å². The van der Waals surface area contributed by atoms with E-state index in [9.17, 15) is 18.3 Å². The number of pyridine rings is 1. The number of halogens is 1. The van der Waals surface area contributed by atoms with Gasteiger partial charge < -0.3 is 5.11 Å². The maximum absolute atomic E-state index is 11.5. The van der Waals surface area contributed by atoms with Crippen molar-refractivity contribution in [3.63, 3.8) is 0 Å². The molecule has 0 spiro atoms. The van der Waals surface area contributed by atoms with E-state index in [1.165, 1.54) is 6.20 Å². The summed E-state index contributed by atoms with van der Waals surface area (Å²) < 4.78 is 22.9. The zero-order valence-corrected chi connectivity index (χ0v) is 11.7. The van der Waals surface area contributed by atoms with Crippen molar-refractivity contribution in [1.29, 1.82) is 0 Å². The van der Waals surface area contributed by atoms with Crippen LogP contribution < -0.4 is 0 Å². The summed E-state index contributed by atoms with van der Waals surface area (Å²) in [5, 5.41) is 9.60. The van der Waals surface area contributed by atoms with Gasteiger partial charge in [-0.15, -0.1) is 0 Å². The molecule has 19 heavy (non-hydrogen) atoms. The second-order valence-electron chi connectivity index (χ2n) is 4.80. The van der Waals surface area contributed by atoms with E-state index in [1.807, 2.05) is 0 Å². The van der Waals surface area contributed by atoms with Crippen molar-refractivity contribution >= 4 is 27.4 Å². The second-order valence-corrected chi connectivity index (χ2v) is 7.41. The fraction of sp³-hybridized carbons (Fsp3) is 0.500. The lowest BCUT2D eigenvalue weighted by Gasteiger charge is -2.18. The average molecular weight is 304 g/mol. The van der Waals surface area contributed by atoms with Crippen LogP contribution in [0.3, 0.4) is 0 Å². The predicted octanol–water partition coefficient (Wildman–Crippen LogP) is 1.41. The van der Waals surface area contributed by atoms with Gasteiger partial charge in [-0.25, -0.2) is 13.4 Å². The molecule has 7 heteroatoms. The molecule has 104 valence electrons. The standard InChI is InChI=1S/C12H14ClNO4S/c13-11-6-8(1-3-14-11)5-10(12(15)16)9-2-4-19(17,18)7-9/h1,3,6,9-10H,2,4-5,7H2,(H,15,16). The molecule has 0 aliphatic carbocycles. The van der Waals surface area contributed by atoms with Crippen LogP contribution in [0.2, 0.25) is 5.15 Å². The summed E-state index contributed by atoms with van der Waals surface area (Å²) in [5.41, 5.74) is 0.761. The van der Waals surface area contributed by atoms with E-state index in [1.54, 1.807) is 12.1 Å². The highest BCUT2D eigenvalue weighted by atomic mass is 35.5. The number of hydrogen-bond donors (Lipinski definition) is 1. The van der Waals surface area contributed by atoms with Gasteiger partial charge in [0, 0.05) is 6.20 Å². The number of nitrogens with zero attached hydrogens (tertiary/aromatic N) is 1. The third-order valence-corrected chi connectivity index (χ3v) is 5.40. The van der Waals surface area contributed by atoms with Gasteiger partial charge in [0.2, 0.25) is 0 Å². The fourth-order valence-electron chi connectivity index (χ4n) is 2.42. The van der Waals surface area contributed by atoms with Crippen LogP contribution in [0.15, 0.2) is 18.3 Å². The molecule has 1 aromatic heterocycles. The van der Waals surface area contributed by atoms with E-state index in [0.29, 0.717) is 11.6 Å². The molecular weight excluding hydrogens is 290 g/mol. The number of carbonyl (C=O) groups is 1. The van der Waals surface area contributed by atoms with Crippen LogP contribution in [0.25, 0.3) is 0 Å². The van der Waals surface area contributed by atoms with Gasteiger partial charge in [-0.2, -0.15) is 0 Å². The first-order valence-electron chi connectivity index (χ1n) is 5.91. The molecule has 2 heterocycles. The van der Waals surface area contributed by atoms with Crippen LogP contribution in [0.4, 0.5) is 0 Å². The molecule has 1 aromatic rings. The summed E-state index contributed by atoms with van der Waals surface area (Å²) in [5.74, 6) is -1.94. The molecule has 2 unspecified atom stereocenters. The van der Waals surface area contributed by atoms with Gasteiger partial charge in [0.15, 0.2) is 9.84 Å². The minimum Gasteiger partial charge on any atom is -0.481 e. The van der Waals surface area contributed by atoms with Crippen LogP contribution in [-0.4, -0.2) is 36.0 Å². The van der Waals surface area contributed by atoms with Crippen molar-refractivity contribution in [2.45, 2.75) is 12.8 Å². The molecule has 1 N–H and O–H groups in total. The van der Waals surface area contributed by atoms with Gasteiger partial charge in [0.05, 0.1) is 17.4 Å². The molecular formula is C12H14ClNO4S. The van der Waals surface area contributed by atoms with Crippen LogP contribution in [0.5, 0.6) is 0 Å². The molecule has 1 aliphatic heterocycles. The van der Waals surface area contributed by atoms with E-state index in [2.05, 4.69) is 4.98 Å². The van der Waals surface area contributed by atoms with Crippen molar-refractivity contribution in [2.24, 2.45) is 11.8 Å². The van der Waals surface area contributed by atoms with Crippen molar-refractivity contribution in [1.82, 2.24) is 4.98 Å². The zero-order valence-electron chi connectivity index (χ0n) is 10.1. The van der Waals surface area contributed by atoms with Crippen molar-refractivity contribution in [3.8, 4) is 0 Å². The Morgan fingerprint density at radius 2 is 2.32 bits per heavy atom. The SMILES string of the molecule is O=C(O)C(Cc1ccnc(Cl)c1)C1CCS(=O)(=O)C1. The minimum atomic E-state index is -3.08. The Balaban J connectivity index is 2.16. The Hall–Kier alpha value is -1.14. The highest BCUT2D eigenvalue weighted by Crippen LogP contribution is 2.29. The quantitative estimate of drug-likeness (QED) is 0.850. The molecule has 0 saturated carbocycles. The van der Waals surface area contributed by atoms with E-state index in [0.717, 1.165) is 5.56 Å². The highest BCUT2D eigenvalue weighted by Gasteiger charge is 2.37. The first kappa shape index (κ1) is 14.3. The molecule has 1 fully saturated rings. The van der Waals surface area contributed by atoms with E-state index in [-0.39, 0.29) is 23.8 Å². The number of sulfone groups is 1. The molecule has 2 rings (SSSR count). The highest BCUT2D eigenvalue weighted by molar-refractivity contribution is 7.91. The molecule has 0 amide bonds. The Bertz CT molecular complexity index is 587. The van der Waals surface area contributed by atoms with E-state index >= 15 is 0 Å². The molecule has 2 atom stereocenters. The van der Waals surface area contributed by atoms with Crippen molar-refractivity contribution < 1.29 is 18.3 Å². The van der Waals surface area contributed by atoms with Gasteiger partial charge in [-0.3, -0.25) is 4.79 Å². The topological polar surface area (TPSA) is 84.3 Å². The normalized spacial score (nSPS) is 23.1. The predicted molar refractivity (Wildman–Crippen MR) is 70.8 cm³/mol. The van der Waals surface area contributed by atoms with E-state index in [4.69, 9.17) is 11.6 Å². The number of hydrogen-bond acceptors (Lipinski definition) is 4. The third-order valence-electron chi connectivity index (χ3n) is 3.40. The Morgan fingerprint density at radius 3 is 2.84 bits per heavy atom. The van der Waals surface area contributed by atoms with Gasteiger partial charge in [0.1, 0.15) is 5.15 Å².